The van der Waals surface area contributed by atoms with E-state index in [0.717, 1.165) is 24.1 Å². The molecule has 1 fully saturated rings. The van der Waals surface area contributed by atoms with Gasteiger partial charge in [-0.3, -0.25) is 9.69 Å². The molecule has 2 amide bonds. The number of hydrogen-bond acceptors (Lipinski definition) is 5. The minimum Gasteiger partial charge on any atom is -0.444 e. The lowest BCUT2D eigenvalue weighted by atomic mass is 10.0. The normalized spacial score (nSPS) is 16.3. The molecule has 1 aromatic carbocycles. The van der Waals surface area contributed by atoms with E-state index in [1.807, 2.05) is 37.5 Å². The van der Waals surface area contributed by atoms with Gasteiger partial charge in [0.15, 0.2) is 0 Å². The maximum Gasteiger partial charge on any atom is 0.410 e. The molecular weight excluding hydrogens is 406 g/mol. The molecule has 1 atom stereocenters. The van der Waals surface area contributed by atoms with Gasteiger partial charge in [-0.2, -0.15) is 5.26 Å². The van der Waals surface area contributed by atoms with Crippen LogP contribution in [-0.4, -0.2) is 51.2 Å². The molecule has 0 spiro atoms. The largest absolute Gasteiger partial charge is 0.444 e. The fourth-order valence-corrected chi connectivity index (χ4v) is 3.75. The summed E-state index contributed by atoms with van der Waals surface area (Å²) in [4.78, 5) is 31.2. The number of benzene rings is 1. The van der Waals surface area contributed by atoms with Crippen LogP contribution in [0.4, 0.5) is 4.79 Å². The van der Waals surface area contributed by atoms with E-state index in [9.17, 15) is 9.59 Å². The van der Waals surface area contributed by atoms with E-state index in [1.54, 1.807) is 29.6 Å². The summed E-state index contributed by atoms with van der Waals surface area (Å²) in [6.07, 6.45) is 6.18. The Kier molecular flexibility index (Phi) is 7.52. The highest BCUT2D eigenvalue weighted by Crippen LogP contribution is 2.20. The maximum atomic E-state index is 12.8. The fourth-order valence-electron chi connectivity index (χ4n) is 3.75. The minimum atomic E-state index is -0.594. The summed E-state index contributed by atoms with van der Waals surface area (Å²) in [6.45, 7) is 7.10. The van der Waals surface area contributed by atoms with Crippen LogP contribution in [0.3, 0.4) is 0 Å². The Morgan fingerprint density at radius 3 is 2.69 bits per heavy atom. The van der Waals surface area contributed by atoms with Crippen molar-refractivity contribution < 1.29 is 14.3 Å². The average molecular weight is 438 g/mol. The Morgan fingerprint density at radius 2 is 2.00 bits per heavy atom. The molecule has 170 valence electrons. The summed E-state index contributed by atoms with van der Waals surface area (Å²) in [5, 5.41) is 11.9. The number of ether oxygens (including phenoxy) is 1. The third-order valence-electron chi connectivity index (χ3n) is 5.35. The number of piperidine rings is 1. The lowest BCUT2D eigenvalue weighted by molar-refractivity contribution is -0.127. The van der Waals surface area contributed by atoms with Crippen LogP contribution in [0.2, 0.25) is 0 Å². The Bertz CT molecular complexity index is 969. The zero-order valence-electron chi connectivity index (χ0n) is 19.0. The minimum absolute atomic E-state index is 0.145. The molecule has 0 aliphatic carbocycles. The molecule has 1 aliphatic heterocycles. The molecule has 8 heteroatoms. The first-order valence-electron chi connectivity index (χ1n) is 11.0. The number of nitriles is 1. The molecule has 2 aromatic rings. The van der Waals surface area contributed by atoms with Gasteiger partial charge in [0.2, 0.25) is 5.91 Å². The predicted octanol–water partition coefficient (Wildman–Crippen LogP) is 3.25. The molecule has 1 N–H and O–H groups in total. The van der Waals surface area contributed by atoms with Gasteiger partial charge in [0.05, 0.1) is 18.0 Å². The molecule has 2 heterocycles. The Labute approximate surface area is 189 Å². The highest BCUT2D eigenvalue weighted by Gasteiger charge is 2.34. The van der Waals surface area contributed by atoms with Crippen molar-refractivity contribution in [1.82, 2.24) is 19.8 Å². The number of aromatic nitrogens is 2. The number of hydrogen-bond donors (Lipinski definition) is 1. The number of carbonyl (C=O) groups excluding carboxylic acids is 2. The molecule has 32 heavy (non-hydrogen) atoms. The second-order valence-corrected chi connectivity index (χ2v) is 9.05. The lowest BCUT2D eigenvalue weighted by Gasteiger charge is -2.35. The van der Waals surface area contributed by atoms with Gasteiger partial charge in [-0.1, -0.05) is 12.1 Å². The smallest absolute Gasteiger partial charge is 0.410 e. The van der Waals surface area contributed by atoms with Crippen molar-refractivity contribution in [3.8, 4) is 6.07 Å². The molecule has 0 bridgehead atoms. The van der Waals surface area contributed by atoms with Crippen molar-refractivity contribution in [3.05, 3.63) is 53.6 Å². The molecule has 0 radical (unpaired) electrons. The first-order valence-corrected chi connectivity index (χ1v) is 11.0. The van der Waals surface area contributed by atoms with E-state index >= 15 is 0 Å². The molecule has 0 saturated carbocycles. The van der Waals surface area contributed by atoms with Gasteiger partial charge in [0, 0.05) is 37.9 Å². The number of likely N-dealkylation sites (tertiary alicyclic amines) is 1. The topological polar surface area (TPSA) is 100 Å². The molecule has 8 nitrogen and oxygen atoms in total. The van der Waals surface area contributed by atoms with Crippen LogP contribution >= 0.6 is 0 Å². The number of nitrogens with one attached hydrogen (secondary N) is 1. The van der Waals surface area contributed by atoms with Crippen molar-refractivity contribution in [2.45, 2.75) is 64.6 Å². The second kappa shape index (κ2) is 10.3. The van der Waals surface area contributed by atoms with Crippen LogP contribution in [0, 0.1) is 11.3 Å². The van der Waals surface area contributed by atoms with Crippen molar-refractivity contribution in [3.63, 3.8) is 0 Å². The molecule has 0 unspecified atom stereocenters. The lowest BCUT2D eigenvalue weighted by Crippen LogP contribution is -2.53. The van der Waals surface area contributed by atoms with Gasteiger partial charge in [0.25, 0.3) is 0 Å². The molecule has 3 rings (SSSR count). The summed E-state index contributed by atoms with van der Waals surface area (Å²) in [5.41, 5.74) is 2.11. The second-order valence-electron chi connectivity index (χ2n) is 9.05. The van der Waals surface area contributed by atoms with Crippen LogP contribution in [0.25, 0.3) is 0 Å². The number of imidazole rings is 1. The highest BCUT2D eigenvalue weighted by atomic mass is 16.6. The van der Waals surface area contributed by atoms with Gasteiger partial charge in [0.1, 0.15) is 11.6 Å². The predicted molar refractivity (Wildman–Crippen MR) is 120 cm³/mol. The van der Waals surface area contributed by atoms with Crippen LogP contribution in [0.15, 0.2) is 36.8 Å². The summed E-state index contributed by atoms with van der Waals surface area (Å²) in [7, 11) is 0. The van der Waals surface area contributed by atoms with Gasteiger partial charge in [-0.05, 0) is 57.7 Å². The monoisotopic (exact) mass is 437 g/mol. The van der Waals surface area contributed by atoms with Crippen LogP contribution in [0.1, 0.15) is 56.9 Å². The number of rotatable bonds is 6. The fraction of sp³-hybridized carbons (Fsp3) is 0.500. The van der Waals surface area contributed by atoms with Gasteiger partial charge in [-0.25, -0.2) is 9.78 Å². The van der Waals surface area contributed by atoms with Crippen molar-refractivity contribution in [1.29, 1.82) is 5.26 Å². The first-order chi connectivity index (χ1) is 15.3. The summed E-state index contributed by atoms with van der Waals surface area (Å²) < 4.78 is 7.51. The molecule has 1 aromatic heterocycles. The van der Waals surface area contributed by atoms with E-state index in [0.29, 0.717) is 38.0 Å². The van der Waals surface area contributed by atoms with Crippen molar-refractivity contribution >= 4 is 12.0 Å². The van der Waals surface area contributed by atoms with Gasteiger partial charge in [-0.15, -0.1) is 0 Å². The van der Waals surface area contributed by atoms with Crippen LogP contribution < -0.4 is 5.32 Å². The zero-order valence-corrected chi connectivity index (χ0v) is 19.0. The van der Waals surface area contributed by atoms with E-state index in [2.05, 4.69) is 16.4 Å². The van der Waals surface area contributed by atoms with Gasteiger partial charge >= 0.3 is 6.09 Å². The summed E-state index contributed by atoms with van der Waals surface area (Å²) in [5.74, 6) is -0.145. The summed E-state index contributed by atoms with van der Waals surface area (Å²) >= 11 is 0. The standard InChI is InChI=1S/C24H31N5O3/c1-24(2,3)32-23(31)29-13-5-4-6-21(29)22(30)27-12-11-20-15-26-17-28(20)16-19-9-7-18(14-25)8-10-19/h7-10,15,17,21H,4-6,11-13,16H2,1-3H3,(H,27,30)/t21-/m0/s1. The SMILES string of the molecule is CC(C)(C)OC(=O)N1CCCC[C@H]1C(=O)NCCc1cncn1Cc1ccc(C#N)cc1. The quantitative estimate of drug-likeness (QED) is 0.748. The van der Waals surface area contributed by atoms with Crippen LogP contribution in [0.5, 0.6) is 0 Å². The van der Waals surface area contributed by atoms with Crippen LogP contribution in [-0.2, 0) is 22.5 Å². The summed E-state index contributed by atoms with van der Waals surface area (Å²) in [6, 6.07) is 9.08. The number of amides is 2. The van der Waals surface area contributed by atoms with Crippen molar-refractivity contribution in [2.24, 2.45) is 0 Å². The third kappa shape index (κ3) is 6.33. The van der Waals surface area contributed by atoms with E-state index in [1.165, 1.54) is 0 Å². The van der Waals surface area contributed by atoms with E-state index in [4.69, 9.17) is 10.00 Å². The average Bonchev–Trinajstić information content (AvgIpc) is 3.20. The number of carbonyl (C=O) groups is 2. The number of nitrogens with zero attached hydrogens (tertiary/aromatic N) is 4. The highest BCUT2D eigenvalue weighted by molar-refractivity contribution is 5.85. The maximum absolute atomic E-state index is 12.8. The Hall–Kier alpha value is -3.34. The molecule has 1 saturated heterocycles. The Morgan fingerprint density at radius 1 is 1.25 bits per heavy atom. The van der Waals surface area contributed by atoms with Crippen molar-refractivity contribution in [2.75, 3.05) is 13.1 Å². The molecular formula is C24H31N5O3. The van der Waals surface area contributed by atoms with E-state index < -0.39 is 17.7 Å². The zero-order chi connectivity index (χ0) is 23.1. The van der Waals surface area contributed by atoms with Gasteiger partial charge < -0.3 is 14.6 Å². The third-order valence-corrected chi connectivity index (χ3v) is 5.35. The Balaban J connectivity index is 1.54. The molecule has 1 aliphatic rings. The van der Waals surface area contributed by atoms with E-state index in [-0.39, 0.29) is 5.91 Å². The first kappa shape index (κ1) is 23.3.